The molecule has 0 fully saturated rings. The van der Waals surface area contributed by atoms with Gasteiger partial charge in [0.15, 0.2) is 17.0 Å². The fourth-order valence-corrected chi connectivity index (χ4v) is 2.72. The number of carboxylic acid groups (broad SMARTS) is 3. The van der Waals surface area contributed by atoms with Crippen LogP contribution in [0, 0.1) is 0 Å². The smallest absolute Gasteiger partial charge is 0.480 e. The van der Waals surface area contributed by atoms with Crippen molar-refractivity contribution >= 4 is 52.4 Å². The predicted octanol–water partition coefficient (Wildman–Crippen LogP) is 0.629. The van der Waals surface area contributed by atoms with Crippen molar-refractivity contribution in [3.63, 3.8) is 0 Å². The lowest BCUT2D eigenvalue weighted by atomic mass is 10.1. The van der Waals surface area contributed by atoms with Crippen LogP contribution < -0.4 is 27.4 Å². The highest BCUT2D eigenvalue weighted by atomic mass is 19.4. The Balaban J connectivity index is 0.000000574. The van der Waals surface area contributed by atoms with Gasteiger partial charge in [-0.3, -0.25) is 4.79 Å². The number of nitrogens with zero attached hydrogens (tertiary/aromatic N) is 5. The minimum Gasteiger partial charge on any atom is -0.480 e. The molecule has 16 nitrogen and oxygen atoms in total. The molecule has 0 radical (unpaired) electrons. The molecular weight excluding hydrogens is 616 g/mol. The van der Waals surface area contributed by atoms with Crippen LogP contribution in [0.2, 0.25) is 0 Å². The van der Waals surface area contributed by atoms with E-state index >= 15 is 0 Å². The highest BCUT2D eigenvalue weighted by Crippen LogP contribution is 2.19. The number of nitrogens with one attached hydrogen (secondary N) is 1. The second-order valence-electron chi connectivity index (χ2n) is 8.11. The molecule has 1 aromatic carbocycles. The van der Waals surface area contributed by atoms with Gasteiger partial charge in [0.2, 0.25) is 5.95 Å². The summed E-state index contributed by atoms with van der Waals surface area (Å²) in [5.41, 5.74) is 19.2. The van der Waals surface area contributed by atoms with Gasteiger partial charge in [0, 0.05) is 24.8 Å². The number of nitrogens with two attached hydrogens (primary N) is 3. The van der Waals surface area contributed by atoms with Crippen LogP contribution in [0.5, 0.6) is 0 Å². The average Bonchev–Trinajstić information content (AvgIpc) is 2.91. The molecule has 3 rings (SSSR count). The molecule has 0 aliphatic heterocycles. The van der Waals surface area contributed by atoms with Gasteiger partial charge < -0.3 is 42.7 Å². The van der Waals surface area contributed by atoms with Crippen LogP contribution in [-0.2, 0) is 20.9 Å². The molecule has 0 aliphatic rings. The minimum atomic E-state index is -5.08. The third-order valence-electron chi connectivity index (χ3n) is 4.79. The normalized spacial score (nSPS) is 11.6. The second kappa shape index (κ2) is 15.1. The highest BCUT2D eigenvalue weighted by Gasteiger charge is 2.38. The average molecular weight is 639 g/mol. The molecular formula is C22H23F6N9O7. The molecule has 2 aromatic heterocycles. The van der Waals surface area contributed by atoms with Crippen molar-refractivity contribution in [1.82, 2.24) is 25.3 Å². The number of carboxylic acids is 3. The molecule has 240 valence electrons. The maximum atomic E-state index is 12.2. The predicted molar refractivity (Wildman–Crippen MR) is 138 cm³/mol. The zero-order valence-corrected chi connectivity index (χ0v) is 22.1. The summed E-state index contributed by atoms with van der Waals surface area (Å²) in [5, 5.41) is 25.6. The van der Waals surface area contributed by atoms with Gasteiger partial charge in [-0.25, -0.2) is 24.4 Å². The van der Waals surface area contributed by atoms with Gasteiger partial charge in [0.25, 0.3) is 5.91 Å². The van der Waals surface area contributed by atoms with Crippen molar-refractivity contribution in [2.24, 2.45) is 5.73 Å². The van der Waals surface area contributed by atoms with Gasteiger partial charge in [-0.15, -0.1) is 0 Å². The molecule has 1 unspecified atom stereocenters. The van der Waals surface area contributed by atoms with Crippen molar-refractivity contribution in [3.8, 4) is 0 Å². The van der Waals surface area contributed by atoms with Crippen LogP contribution in [0.15, 0.2) is 30.5 Å². The van der Waals surface area contributed by atoms with E-state index in [-0.39, 0.29) is 18.3 Å². The first-order valence-electron chi connectivity index (χ1n) is 11.4. The van der Waals surface area contributed by atoms with Gasteiger partial charge in [-0.2, -0.15) is 36.3 Å². The van der Waals surface area contributed by atoms with Crippen LogP contribution in [0.4, 0.5) is 43.8 Å². The summed E-state index contributed by atoms with van der Waals surface area (Å²) in [5.74, 6) is -7.03. The lowest BCUT2D eigenvalue weighted by Gasteiger charge is -2.19. The second-order valence-corrected chi connectivity index (χ2v) is 8.11. The number of anilines is 3. The number of halogens is 6. The van der Waals surface area contributed by atoms with E-state index in [0.717, 1.165) is 5.69 Å². The lowest BCUT2D eigenvalue weighted by Crippen LogP contribution is -2.45. The molecule has 1 atom stereocenters. The van der Waals surface area contributed by atoms with Crippen LogP contribution in [0.1, 0.15) is 16.1 Å². The van der Waals surface area contributed by atoms with Crippen LogP contribution in [0.25, 0.3) is 11.2 Å². The van der Waals surface area contributed by atoms with Crippen LogP contribution in [-0.4, -0.2) is 91.1 Å². The lowest BCUT2D eigenvalue weighted by molar-refractivity contribution is -0.193. The summed E-state index contributed by atoms with van der Waals surface area (Å²) in [6.45, 7) is 0.212. The number of benzene rings is 1. The molecule has 22 heteroatoms. The zero-order valence-electron chi connectivity index (χ0n) is 22.1. The van der Waals surface area contributed by atoms with E-state index in [1.807, 2.05) is 11.9 Å². The Morgan fingerprint density at radius 1 is 0.909 bits per heavy atom. The Labute approximate surface area is 241 Å². The van der Waals surface area contributed by atoms with E-state index < -0.39 is 42.2 Å². The summed E-state index contributed by atoms with van der Waals surface area (Å²) in [4.78, 5) is 59.4. The number of hydrogen-bond donors (Lipinski definition) is 7. The van der Waals surface area contributed by atoms with Gasteiger partial charge in [-0.1, -0.05) is 0 Å². The minimum absolute atomic E-state index is 0.0319. The Morgan fingerprint density at radius 2 is 1.41 bits per heavy atom. The Kier molecular flexibility index (Phi) is 12.5. The number of rotatable bonds is 7. The maximum Gasteiger partial charge on any atom is 0.490 e. The molecule has 0 spiro atoms. The third kappa shape index (κ3) is 11.4. The topological polar surface area (TPSA) is 274 Å². The number of alkyl halides is 6. The highest BCUT2D eigenvalue weighted by molar-refractivity contribution is 5.97. The van der Waals surface area contributed by atoms with Crippen molar-refractivity contribution in [2.45, 2.75) is 24.9 Å². The monoisotopic (exact) mass is 639 g/mol. The third-order valence-corrected chi connectivity index (χ3v) is 4.79. The molecule has 3 aromatic rings. The first kappa shape index (κ1) is 36.5. The summed E-state index contributed by atoms with van der Waals surface area (Å²) in [6.07, 6.45) is -8.59. The molecule has 44 heavy (non-hydrogen) atoms. The molecule has 2 heterocycles. The van der Waals surface area contributed by atoms with Crippen molar-refractivity contribution < 1.29 is 60.8 Å². The SMILES string of the molecule is CN(Cc1cnc2nc(N)nc(N)c2n1)c1ccc(C(=O)NC(CN)C(=O)O)cc1.O=C(O)C(F)(F)F.O=C(O)C(F)(F)F. The Bertz CT molecular complexity index is 1460. The number of fused-ring (bicyclic) bond motifs is 1. The van der Waals surface area contributed by atoms with E-state index in [4.69, 9.17) is 42.1 Å². The van der Waals surface area contributed by atoms with Crippen LogP contribution >= 0.6 is 0 Å². The molecule has 1 amide bonds. The fourth-order valence-electron chi connectivity index (χ4n) is 2.72. The van der Waals surface area contributed by atoms with Crippen LogP contribution in [0.3, 0.4) is 0 Å². The Hall–Kier alpha value is -5.54. The molecule has 0 saturated carbocycles. The number of aromatic nitrogens is 4. The van der Waals surface area contributed by atoms with Gasteiger partial charge in [-0.05, 0) is 24.3 Å². The summed E-state index contributed by atoms with van der Waals surface area (Å²) in [6, 6.07) is 5.52. The number of amides is 1. The van der Waals surface area contributed by atoms with E-state index in [9.17, 15) is 35.9 Å². The standard InChI is InChI=1S/C18H21N9O3.2C2HF3O2/c1-27(8-10-7-22-15-13(23-10)14(20)25-18(21)26-15)11-4-2-9(3-5-11)16(28)24-12(6-19)17(29)30;2*3-2(4,5)1(6)7/h2-5,7,12H,6,8,19H2,1H3,(H,24,28)(H,29,30)(H4,20,21,22,25,26);2*(H,6,7). The van der Waals surface area contributed by atoms with E-state index in [1.54, 1.807) is 30.5 Å². The van der Waals surface area contributed by atoms with Gasteiger partial charge in [0.1, 0.15) is 6.04 Å². The van der Waals surface area contributed by atoms with E-state index in [1.165, 1.54) is 0 Å². The number of hydrogen-bond acceptors (Lipinski definition) is 12. The van der Waals surface area contributed by atoms with Gasteiger partial charge in [0.05, 0.1) is 18.4 Å². The van der Waals surface area contributed by atoms with Crippen molar-refractivity contribution in [1.29, 1.82) is 0 Å². The summed E-state index contributed by atoms with van der Waals surface area (Å²) >= 11 is 0. The number of nitrogen functional groups attached to an aromatic ring is 2. The van der Waals surface area contributed by atoms with Crippen molar-refractivity contribution in [3.05, 3.63) is 41.7 Å². The Morgan fingerprint density at radius 3 is 1.84 bits per heavy atom. The van der Waals surface area contributed by atoms with Gasteiger partial charge >= 0.3 is 30.3 Å². The summed E-state index contributed by atoms with van der Waals surface area (Å²) < 4.78 is 63.5. The number of carbonyl (C=O) groups excluding carboxylic acids is 1. The summed E-state index contributed by atoms with van der Waals surface area (Å²) in [7, 11) is 1.85. The molecule has 0 aliphatic carbocycles. The quantitative estimate of drug-likeness (QED) is 0.175. The van der Waals surface area contributed by atoms with E-state index in [0.29, 0.717) is 29.0 Å². The first-order chi connectivity index (χ1) is 20.2. The molecule has 0 saturated heterocycles. The van der Waals surface area contributed by atoms with Crippen molar-refractivity contribution in [2.75, 3.05) is 30.0 Å². The molecule has 10 N–H and O–H groups in total. The first-order valence-corrected chi connectivity index (χ1v) is 11.4. The zero-order chi connectivity index (χ0) is 34.0. The maximum absolute atomic E-state index is 12.2. The largest absolute Gasteiger partial charge is 0.490 e. The van der Waals surface area contributed by atoms with E-state index in [2.05, 4.69) is 25.3 Å². The fraction of sp³-hybridized carbons (Fsp3) is 0.273. The number of aliphatic carboxylic acids is 3. The molecule has 0 bridgehead atoms. The number of carbonyl (C=O) groups is 4.